The van der Waals surface area contributed by atoms with E-state index in [9.17, 15) is 9.59 Å². The van der Waals surface area contributed by atoms with Crippen LogP contribution in [0.5, 0.6) is 0 Å². The van der Waals surface area contributed by atoms with Crippen LogP contribution in [0.1, 0.15) is 12.6 Å². The number of aromatic nitrogens is 4. The van der Waals surface area contributed by atoms with Crippen molar-refractivity contribution < 1.29 is 14.3 Å². The molecular formula is C20H20ClN5O3S2. The Morgan fingerprint density at radius 2 is 2.16 bits per heavy atom. The standard InChI is InChI=1S/C20H20ClN5O3S2/c1-3-9-26-18(14-7-5-6-8-15(14)21)24-25-20(26)31-12-16(27)23-19-22-13(11-30-19)10-17(28)29-4-2/h3,5-8,11H,1,4,9-10,12H2,2H3,(H,22,23,27). The van der Waals surface area contributed by atoms with Gasteiger partial charge in [-0.2, -0.15) is 0 Å². The van der Waals surface area contributed by atoms with E-state index in [1.165, 1.54) is 23.1 Å². The van der Waals surface area contributed by atoms with Gasteiger partial charge in [0.25, 0.3) is 0 Å². The van der Waals surface area contributed by atoms with Crippen LogP contribution in [0.2, 0.25) is 5.02 Å². The Balaban J connectivity index is 1.63. The summed E-state index contributed by atoms with van der Waals surface area (Å²) in [5.74, 6) is 0.133. The van der Waals surface area contributed by atoms with Crippen LogP contribution in [-0.4, -0.2) is 44.0 Å². The van der Waals surface area contributed by atoms with Crippen molar-refractivity contribution >= 4 is 51.7 Å². The summed E-state index contributed by atoms with van der Waals surface area (Å²) in [6.45, 7) is 6.32. The summed E-state index contributed by atoms with van der Waals surface area (Å²) >= 11 is 8.80. The molecule has 0 atom stereocenters. The number of carbonyl (C=O) groups excluding carboxylic acids is 2. The lowest BCUT2D eigenvalue weighted by molar-refractivity contribution is -0.142. The highest BCUT2D eigenvalue weighted by Crippen LogP contribution is 2.29. The Morgan fingerprint density at radius 3 is 2.90 bits per heavy atom. The van der Waals surface area contributed by atoms with Crippen LogP contribution in [0.3, 0.4) is 0 Å². The second-order valence-electron chi connectivity index (χ2n) is 6.15. The molecule has 0 radical (unpaired) electrons. The fourth-order valence-electron chi connectivity index (χ4n) is 2.62. The SMILES string of the molecule is C=CCn1c(SCC(=O)Nc2nc(CC(=O)OCC)cs2)nnc1-c1ccccc1Cl. The highest BCUT2D eigenvalue weighted by atomic mass is 35.5. The molecule has 0 bridgehead atoms. The number of anilines is 1. The number of hydrogen-bond acceptors (Lipinski definition) is 8. The lowest BCUT2D eigenvalue weighted by Crippen LogP contribution is -2.15. The number of hydrogen-bond donors (Lipinski definition) is 1. The normalized spacial score (nSPS) is 10.6. The number of carbonyl (C=O) groups is 2. The quantitative estimate of drug-likeness (QED) is 0.267. The Hall–Kier alpha value is -2.69. The van der Waals surface area contributed by atoms with Crippen LogP contribution in [0.4, 0.5) is 5.13 Å². The summed E-state index contributed by atoms with van der Waals surface area (Å²) in [7, 11) is 0. The smallest absolute Gasteiger partial charge is 0.311 e. The fourth-order valence-corrected chi connectivity index (χ4v) is 4.32. The van der Waals surface area contributed by atoms with Crippen molar-refractivity contribution in [2.45, 2.75) is 25.0 Å². The second kappa shape index (κ2) is 11.1. The molecule has 8 nitrogen and oxygen atoms in total. The van der Waals surface area contributed by atoms with Crippen molar-refractivity contribution in [3.63, 3.8) is 0 Å². The molecule has 0 unspecified atom stereocenters. The molecule has 31 heavy (non-hydrogen) atoms. The zero-order valence-electron chi connectivity index (χ0n) is 16.7. The molecule has 0 aliphatic rings. The number of thiazole rings is 1. The molecule has 162 valence electrons. The van der Waals surface area contributed by atoms with Gasteiger partial charge in [-0.3, -0.25) is 14.2 Å². The average Bonchev–Trinajstić information content (AvgIpc) is 3.34. The zero-order valence-corrected chi connectivity index (χ0v) is 19.1. The lowest BCUT2D eigenvalue weighted by Gasteiger charge is -2.08. The molecule has 3 aromatic rings. The van der Waals surface area contributed by atoms with Crippen LogP contribution < -0.4 is 5.32 Å². The van der Waals surface area contributed by atoms with E-state index in [2.05, 4.69) is 27.1 Å². The van der Waals surface area contributed by atoms with E-state index in [4.69, 9.17) is 16.3 Å². The first-order chi connectivity index (χ1) is 15.0. The van der Waals surface area contributed by atoms with Crippen molar-refractivity contribution in [1.29, 1.82) is 0 Å². The van der Waals surface area contributed by atoms with Crippen LogP contribution in [0.15, 0.2) is 47.5 Å². The van der Waals surface area contributed by atoms with Crippen molar-refractivity contribution in [3.8, 4) is 11.4 Å². The van der Waals surface area contributed by atoms with Crippen LogP contribution >= 0.6 is 34.7 Å². The maximum atomic E-state index is 12.4. The number of allylic oxidation sites excluding steroid dienone is 1. The van der Waals surface area contributed by atoms with E-state index < -0.39 is 0 Å². The maximum absolute atomic E-state index is 12.4. The van der Waals surface area contributed by atoms with Gasteiger partial charge >= 0.3 is 5.97 Å². The third-order valence-electron chi connectivity index (χ3n) is 3.90. The summed E-state index contributed by atoms with van der Waals surface area (Å²) < 4.78 is 6.75. The average molecular weight is 478 g/mol. The Kier molecular flexibility index (Phi) is 8.21. The van der Waals surface area contributed by atoms with Crippen molar-refractivity contribution in [2.24, 2.45) is 0 Å². The molecule has 0 aliphatic carbocycles. The van der Waals surface area contributed by atoms with E-state index in [0.717, 1.165) is 5.56 Å². The number of benzene rings is 1. The van der Waals surface area contributed by atoms with Crippen molar-refractivity contribution in [2.75, 3.05) is 17.7 Å². The number of amides is 1. The van der Waals surface area contributed by atoms with E-state index >= 15 is 0 Å². The van der Waals surface area contributed by atoms with Gasteiger partial charge in [-0.25, -0.2) is 4.98 Å². The van der Waals surface area contributed by atoms with E-state index in [0.29, 0.717) is 40.0 Å². The minimum Gasteiger partial charge on any atom is -0.466 e. The van der Waals surface area contributed by atoms with Crippen molar-refractivity contribution in [3.05, 3.63) is 53.0 Å². The monoisotopic (exact) mass is 477 g/mol. The third-order valence-corrected chi connectivity index (χ3v) is 6.01. The van der Waals surface area contributed by atoms with E-state index in [1.807, 2.05) is 22.8 Å². The molecule has 11 heteroatoms. The number of nitrogens with one attached hydrogen (secondary N) is 1. The Bertz CT molecular complexity index is 1080. The van der Waals surface area contributed by atoms with Gasteiger partial charge in [-0.1, -0.05) is 41.6 Å². The summed E-state index contributed by atoms with van der Waals surface area (Å²) in [6, 6.07) is 7.37. The second-order valence-corrected chi connectivity index (χ2v) is 8.36. The first kappa shape index (κ1) is 23.0. The summed E-state index contributed by atoms with van der Waals surface area (Å²) in [5, 5.41) is 14.5. The molecule has 2 aromatic heterocycles. The van der Waals surface area contributed by atoms with Gasteiger partial charge in [0.15, 0.2) is 16.1 Å². The molecule has 0 spiro atoms. The number of ether oxygens (including phenoxy) is 1. The van der Waals surface area contributed by atoms with E-state index in [-0.39, 0.29) is 24.1 Å². The summed E-state index contributed by atoms with van der Waals surface area (Å²) in [5.41, 5.74) is 1.31. The van der Waals surface area contributed by atoms with Gasteiger partial charge in [-0.05, 0) is 19.1 Å². The summed E-state index contributed by atoms with van der Waals surface area (Å²) in [4.78, 5) is 28.1. The van der Waals surface area contributed by atoms with Gasteiger partial charge in [0.1, 0.15) is 0 Å². The molecule has 1 aromatic carbocycles. The molecule has 0 saturated heterocycles. The fraction of sp³-hybridized carbons (Fsp3) is 0.250. The Labute approximate surface area is 192 Å². The third kappa shape index (κ3) is 6.16. The molecule has 0 fully saturated rings. The van der Waals surface area contributed by atoms with Gasteiger partial charge < -0.3 is 10.1 Å². The molecule has 0 aliphatic heterocycles. The topological polar surface area (TPSA) is 99.0 Å². The molecule has 1 N–H and O–H groups in total. The summed E-state index contributed by atoms with van der Waals surface area (Å²) in [6.07, 6.45) is 1.80. The number of rotatable bonds is 10. The van der Waals surface area contributed by atoms with Gasteiger partial charge in [0.2, 0.25) is 5.91 Å². The maximum Gasteiger partial charge on any atom is 0.311 e. The molecular weight excluding hydrogens is 458 g/mol. The van der Waals surface area contributed by atoms with Crippen LogP contribution in [-0.2, 0) is 27.3 Å². The highest BCUT2D eigenvalue weighted by Gasteiger charge is 2.17. The van der Waals surface area contributed by atoms with Crippen molar-refractivity contribution in [1.82, 2.24) is 19.7 Å². The molecule has 2 heterocycles. The molecule has 3 rings (SSSR count). The van der Waals surface area contributed by atoms with Gasteiger partial charge in [-0.15, -0.1) is 28.1 Å². The lowest BCUT2D eigenvalue weighted by atomic mass is 10.2. The Morgan fingerprint density at radius 1 is 1.35 bits per heavy atom. The first-order valence-electron chi connectivity index (χ1n) is 9.33. The van der Waals surface area contributed by atoms with Crippen LogP contribution in [0, 0.1) is 0 Å². The van der Waals surface area contributed by atoms with E-state index in [1.54, 1.807) is 24.4 Å². The predicted molar refractivity (Wildman–Crippen MR) is 122 cm³/mol. The minimum absolute atomic E-state index is 0.0739. The molecule has 1 amide bonds. The molecule has 0 saturated carbocycles. The van der Waals surface area contributed by atoms with Crippen LogP contribution in [0.25, 0.3) is 11.4 Å². The van der Waals surface area contributed by atoms with Gasteiger partial charge in [0.05, 0.1) is 29.5 Å². The largest absolute Gasteiger partial charge is 0.466 e. The predicted octanol–water partition coefficient (Wildman–Crippen LogP) is 4.08. The number of halogens is 1. The highest BCUT2D eigenvalue weighted by molar-refractivity contribution is 7.99. The first-order valence-corrected chi connectivity index (χ1v) is 11.6. The number of thioether (sulfide) groups is 1. The number of nitrogens with zero attached hydrogens (tertiary/aromatic N) is 4. The minimum atomic E-state index is -0.350. The number of esters is 1. The zero-order chi connectivity index (χ0) is 22.2. The van der Waals surface area contributed by atoms with Gasteiger partial charge in [0, 0.05) is 17.5 Å².